The van der Waals surface area contributed by atoms with Crippen LogP contribution in [0.3, 0.4) is 0 Å². The van der Waals surface area contributed by atoms with Crippen LogP contribution >= 0.6 is 11.3 Å². The molecule has 1 aromatic rings. The van der Waals surface area contributed by atoms with Crippen molar-refractivity contribution >= 4 is 17.3 Å². The molecule has 90 valence electrons. The summed E-state index contributed by atoms with van der Waals surface area (Å²) in [5, 5.41) is 10.2. The van der Waals surface area contributed by atoms with Gasteiger partial charge in [0.25, 0.3) is 0 Å². The van der Waals surface area contributed by atoms with Crippen molar-refractivity contribution in [2.24, 2.45) is 0 Å². The van der Waals surface area contributed by atoms with Crippen molar-refractivity contribution in [3.8, 4) is 0 Å². The maximum Gasteiger partial charge on any atom is 0.413 e. The summed E-state index contributed by atoms with van der Waals surface area (Å²) in [5.74, 6) is -1.11. The maximum absolute atomic E-state index is 11.7. The minimum atomic E-state index is -4.41. The minimum Gasteiger partial charge on any atom is -0.477 e. The second-order valence-corrected chi connectivity index (χ2v) is 3.72. The maximum atomic E-state index is 11.7. The van der Waals surface area contributed by atoms with Crippen LogP contribution < -0.4 is 5.48 Å². The summed E-state index contributed by atoms with van der Waals surface area (Å²) in [6, 6.07) is 1.51. The van der Waals surface area contributed by atoms with Gasteiger partial charge in [-0.05, 0) is 17.0 Å². The molecule has 0 spiro atoms. The van der Waals surface area contributed by atoms with Crippen LogP contribution in [0.1, 0.15) is 15.2 Å². The Balaban J connectivity index is 2.38. The topological polar surface area (TPSA) is 58.6 Å². The molecule has 0 fully saturated rings. The van der Waals surface area contributed by atoms with Crippen molar-refractivity contribution in [2.75, 3.05) is 6.61 Å². The van der Waals surface area contributed by atoms with Crippen LogP contribution in [0.2, 0.25) is 0 Å². The van der Waals surface area contributed by atoms with Gasteiger partial charge in [0.1, 0.15) is 4.88 Å². The van der Waals surface area contributed by atoms with Crippen LogP contribution in [-0.4, -0.2) is 23.9 Å². The number of rotatable bonds is 5. The molecule has 0 aromatic carbocycles. The minimum absolute atomic E-state index is 0.0821. The smallest absolute Gasteiger partial charge is 0.413 e. The third-order valence-electron chi connectivity index (χ3n) is 1.54. The quantitative estimate of drug-likeness (QED) is 0.624. The Kier molecular flexibility index (Phi) is 4.27. The molecule has 0 amide bonds. The monoisotopic (exact) mass is 255 g/mol. The molecule has 4 nitrogen and oxygen atoms in total. The Morgan fingerprint density at radius 2 is 2.25 bits per heavy atom. The Morgan fingerprint density at radius 3 is 2.81 bits per heavy atom. The van der Waals surface area contributed by atoms with E-state index in [1.165, 1.54) is 6.07 Å². The summed E-state index contributed by atoms with van der Waals surface area (Å²) >= 11 is 1.00. The number of nitrogens with one attached hydrogen (secondary N) is 1. The number of hydroxylamine groups is 1. The molecule has 0 radical (unpaired) electrons. The zero-order chi connectivity index (χ0) is 12.2. The number of carboxylic acid groups (broad SMARTS) is 1. The Morgan fingerprint density at radius 1 is 1.56 bits per heavy atom. The first-order chi connectivity index (χ1) is 7.40. The van der Waals surface area contributed by atoms with E-state index >= 15 is 0 Å². The van der Waals surface area contributed by atoms with Gasteiger partial charge in [0, 0.05) is 6.54 Å². The van der Waals surface area contributed by atoms with Gasteiger partial charge in [-0.15, -0.1) is 11.3 Å². The highest BCUT2D eigenvalue weighted by Gasteiger charge is 2.27. The number of hydrogen-bond donors (Lipinski definition) is 2. The zero-order valence-corrected chi connectivity index (χ0v) is 8.69. The highest BCUT2D eigenvalue weighted by atomic mass is 32.1. The third-order valence-corrected chi connectivity index (χ3v) is 2.49. The third kappa shape index (κ3) is 4.17. The lowest BCUT2D eigenvalue weighted by atomic mass is 10.2. The molecule has 1 aromatic heterocycles. The molecule has 0 saturated heterocycles. The van der Waals surface area contributed by atoms with Gasteiger partial charge in [0.05, 0.1) is 0 Å². The number of thiophene rings is 1. The summed E-state index contributed by atoms with van der Waals surface area (Å²) in [4.78, 5) is 14.9. The van der Waals surface area contributed by atoms with Crippen molar-refractivity contribution in [3.05, 3.63) is 21.9 Å². The fraction of sp³-hybridized carbons (Fsp3) is 0.375. The average molecular weight is 255 g/mol. The summed E-state index contributed by atoms with van der Waals surface area (Å²) in [7, 11) is 0. The summed E-state index contributed by atoms with van der Waals surface area (Å²) < 4.78 is 35.0. The van der Waals surface area contributed by atoms with E-state index in [1.54, 1.807) is 5.38 Å². The van der Waals surface area contributed by atoms with Gasteiger partial charge in [-0.25, -0.2) is 4.79 Å². The van der Waals surface area contributed by atoms with Crippen LogP contribution in [0.5, 0.6) is 0 Å². The molecule has 1 heterocycles. The van der Waals surface area contributed by atoms with E-state index in [0.29, 0.717) is 5.56 Å². The standard InChI is InChI=1S/C8H8F3NO3S/c9-8(10,11)4-15-12-3-5-1-2-16-6(5)7(13)14/h1-2,12H,3-4H2,(H,13,14). The Bertz CT molecular complexity index is 364. The number of halogens is 3. The second kappa shape index (κ2) is 5.28. The lowest BCUT2D eigenvalue weighted by Gasteiger charge is -2.08. The van der Waals surface area contributed by atoms with Crippen LogP contribution in [0.25, 0.3) is 0 Å². The van der Waals surface area contributed by atoms with Gasteiger partial charge in [-0.3, -0.25) is 4.84 Å². The van der Waals surface area contributed by atoms with E-state index in [2.05, 4.69) is 10.3 Å². The highest BCUT2D eigenvalue weighted by Crippen LogP contribution is 2.17. The first kappa shape index (κ1) is 12.9. The number of aromatic carboxylic acids is 1. The molecular weight excluding hydrogens is 247 g/mol. The number of carboxylic acids is 1. The van der Waals surface area contributed by atoms with Gasteiger partial charge < -0.3 is 5.11 Å². The lowest BCUT2D eigenvalue weighted by molar-refractivity contribution is -0.190. The van der Waals surface area contributed by atoms with Crippen molar-refractivity contribution in [2.45, 2.75) is 12.7 Å². The molecule has 0 aliphatic carbocycles. The van der Waals surface area contributed by atoms with Crippen molar-refractivity contribution in [3.63, 3.8) is 0 Å². The number of hydrogen-bond acceptors (Lipinski definition) is 4. The predicted octanol–water partition coefficient (Wildman–Crippen LogP) is 2.03. The van der Waals surface area contributed by atoms with E-state index in [1.807, 2.05) is 0 Å². The molecule has 0 atom stereocenters. The van der Waals surface area contributed by atoms with Crippen LogP contribution in [0.4, 0.5) is 13.2 Å². The summed E-state index contributed by atoms with van der Waals surface area (Å²) in [6.45, 7) is -1.50. The van der Waals surface area contributed by atoms with Crippen LogP contribution in [0.15, 0.2) is 11.4 Å². The van der Waals surface area contributed by atoms with Crippen molar-refractivity contribution in [1.29, 1.82) is 0 Å². The molecule has 8 heteroatoms. The molecular formula is C8H8F3NO3S. The fourth-order valence-corrected chi connectivity index (χ4v) is 1.68. The van der Waals surface area contributed by atoms with Gasteiger partial charge in [-0.2, -0.15) is 18.7 Å². The Labute approximate surface area is 92.6 Å². The lowest BCUT2D eigenvalue weighted by Crippen LogP contribution is -2.24. The Hall–Kier alpha value is -1.12. The molecule has 0 bridgehead atoms. The van der Waals surface area contributed by atoms with Crippen LogP contribution in [-0.2, 0) is 11.4 Å². The molecule has 16 heavy (non-hydrogen) atoms. The predicted molar refractivity (Wildman–Crippen MR) is 50.1 cm³/mol. The van der Waals surface area contributed by atoms with Gasteiger partial charge in [0.2, 0.25) is 0 Å². The largest absolute Gasteiger partial charge is 0.477 e. The zero-order valence-electron chi connectivity index (χ0n) is 7.87. The number of carbonyl (C=O) groups is 1. The summed E-state index contributed by atoms with van der Waals surface area (Å²) in [5.41, 5.74) is 2.45. The van der Waals surface area contributed by atoms with E-state index in [4.69, 9.17) is 5.11 Å². The first-order valence-corrected chi connectivity index (χ1v) is 4.99. The molecule has 0 aliphatic heterocycles. The number of alkyl halides is 3. The van der Waals surface area contributed by atoms with Crippen molar-refractivity contribution < 1.29 is 27.9 Å². The van der Waals surface area contributed by atoms with Crippen LogP contribution in [0, 0.1) is 0 Å². The first-order valence-electron chi connectivity index (χ1n) is 4.11. The van der Waals surface area contributed by atoms with Gasteiger partial charge >= 0.3 is 12.1 Å². The highest BCUT2D eigenvalue weighted by molar-refractivity contribution is 7.12. The van der Waals surface area contributed by atoms with Gasteiger partial charge in [0.15, 0.2) is 6.61 Å². The second-order valence-electron chi connectivity index (χ2n) is 2.81. The van der Waals surface area contributed by atoms with E-state index in [-0.39, 0.29) is 11.4 Å². The normalized spacial score (nSPS) is 11.7. The van der Waals surface area contributed by atoms with Crippen molar-refractivity contribution in [1.82, 2.24) is 5.48 Å². The van der Waals surface area contributed by atoms with E-state index in [0.717, 1.165) is 11.3 Å². The molecule has 0 unspecified atom stereocenters. The molecule has 0 aliphatic rings. The fourth-order valence-electron chi connectivity index (χ4n) is 0.924. The molecule has 1 rings (SSSR count). The molecule has 0 saturated carbocycles. The van der Waals surface area contributed by atoms with Gasteiger partial charge in [-0.1, -0.05) is 0 Å². The van der Waals surface area contributed by atoms with E-state index < -0.39 is 18.8 Å². The SMILES string of the molecule is O=C(O)c1sccc1CNOCC(F)(F)F. The average Bonchev–Trinajstić information content (AvgIpc) is 2.58. The molecule has 2 N–H and O–H groups in total. The summed E-state index contributed by atoms with van der Waals surface area (Å²) in [6.07, 6.45) is -4.41. The van der Waals surface area contributed by atoms with E-state index in [9.17, 15) is 18.0 Å².